The predicted octanol–water partition coefficient (Wildman–Crippen LogP) is 3.97. The highest BCUT2D eigenvalue weighted by Crippen LogP contribution is 2.39. The SMILES string of the molecule is COc1ccc(OC)c([C@@H]2CCCN2C(=O)[C@H](C)Oc2cccc(F)c2)c1. The van der Waals surface area contributed by atoms with Crippen molar-refractivity contribution >= 4 is 5.91 Å². The molecule has 2 atom stereocenters. The van der Waals surface area contributed by atoms with Crippen LogP contribution >= 0.6 is 0 Å². The van der Waals surface area contributed by atoms with E-state index in [0.717, 1.165) is 24.2 Å². The number of rotatable bonds is 6. The van der Waals surface area contributed by atoms with Crippen molar-refractivity contribution in [1.82, 2.24) is 4.90 Å². The second-order valence-corrected chi connectivity index (χ2v) is 6.51. The van der Waals surface area contributed by atoms with Crippen LogP contribution in [-0.2, 0) is 4.79 Å². The third-order valence-electron chi connectivity index (χ3n) is 4.79. The summed E-state index contributed by atoms with van der Waals surface area (Å²) in [6.45, 7) is 2.33. The molecule has 0 aliphatic carbocycles. The third kappa shape index (κ3) is 4.15. The standard InChI is InChI=1S/C21H24FNO4/c1-14(27-17-7-4-6-15(22)12-17)21(24)23-11-5-8-19(23)18-13-16(25-2)9-10-20(18)26-3/h4,6-7,9-10,12-14,19H,5,8,11H2,1-3H3/t14-,19-/m0/s1. The number of carbonyl (C=O) groups excluding carboxylic acids is 1. The Balaban J connectivity index is 1.80. The fourth-order valence-electron chi connectivity index (χ4n) is 3.48. The molecule has 0 unspecified atom stereocenters. The Morgan fingerprint density at radius 1 is 1.15 bits per heavy atom. The zero-order chi connectivity index (χ0) is 19.4. The average Bonchev–Trinajstić information content (AvgIpc) is 3.16. The first-order chi connectivity index (χ1) is 13.0. The Morgan fingerprint density at radius 2 is 1.96 bits per heavy atom. The molecule has 27 heavy (non-hydrogen) atoms. The monoisotopic (exact) mass is 373 g/mol. The van der Waals surface area contributed by atoms with Gasteiger partial charge in [-0.05, 0) is 50.1 Å². The summed E-state index contributed by atoms with van der Waals surface area (Å²) in [6.07, 6.45) is 1.01. The van der Waals surface area contributed by atoms with Crippen molar-refractivity contribution in [2.24, 2.45) is 0 Å². The lowest BCUT2D eigenvalue weighted by Crippen LogP contribution is -2.40. The van der Waals surface area contributed by atoms with E-state index in [2.05, 4.69) is 0 Å². The molecule has 1 saturated heterocycles. The van der Waals surface area contributed by atoms with E-state index in [4.69, 9.17) is 14.2 Å². The quantitative estimate of drug-likeness (QED) is 0.769. The van der Waals surface area contributed by atoms with Crippen LogP contribution in [0.4, 0.5) is 4.39 Å². The van der Waals surface area contributed by atoms with Crippen LogP contribution < -0.4 is 14.2 Å². The first-order valence-corrected chi connectivity index (χ1v) is 8.98. The van der Waals surface area contributed by atoms with E-state index in [-0.39, 0.29) is 11.9 Å². The van der Waals surface area contributed by atoms with Gasteiger partial charge in [-0.3, -0.25) is 4.79 Å². The third-order valence-corrected chi connectivity index (χ3v) is 4.79. The van der Waals surface area contributed by atoms with Gasteiger partial charge in [0.15, 0.2) is 6.10 Å². The Labute approximate surface area is 158 Å². The Morgan fingerprint density at radius 3 is 2.67 bits per heavy atom. The molecule has 0 N–H and O–H groups in total. The van der Waals surface area contributed by atoms with Gasteiger partial charge in [0.2, 0.25) is 0 Å². The number of ether oxygens (including phenoxy) is 3. The molecular formula is C21H24FNO4. The topological polar surface area (TPSA) is 48.0 Å². The molecule has 0 bridgehead atoms. The summed E-state index contributed by atoms with van der Waals surface area (Å²) in [6, 6.07) is 11.3. The van der Waals surface area contributed by atoms with Crippen LogP contribution in [0.3, 0.4) is 0 Å². The first-order valence-electron chi connectivity index (χ1n) is 8.98. The lowest BCUT2D eigenvalue weighted by atomic mass is 10.0. The highest BCUT2D eigenvalue weighted by atomic mass is 19.1. The number of likely N-dealkylation sites (tertiary alicyclic amines) is 1. The molecule has 0 saturated carbocycles. The first kappa shape index (κ1) is 19.0. The lowest BCUT2D eigenvalue weighted by Gasteiger charge is -2.29. The molecule has 6 heteroatoms. The summed E-state index contributed by atoms with van der Waals surface area (Å²) < 4.78 is 29.8. The van der Waals surface area contributed by atoms with Crippen molar-refractivity contribution in [1.29, 1.82) is 0 Å². The molecular weight excluding hydrogens is 349 g/mol. The zero-order valence-corrected chi connectivity index (χ0v) is 15.8. The van der Waals surface area contributed by atoms with Crippen molar-refractivity contribution in [3.8, 4) is 17.2 Å². The van der Waals surface area contributed by atoms with Crippen LogP contribution in [0.15, 0.2) is 42.5 Å². The minimum Gasteiger partial charge on any atom is -0.497 e. The van der Waals surface area contributed by atoms with Gasteiger partial charge in [0.1, 0.15) is 23.1 Å². The average molecular weight is 373 g/mol. The summed E-state index contributed by atoms with van der Waals surface area (Å²) in [4.78, 5) is 14.8. The molecule has 144 valence electrons. The van der Waals surface area contributed by atoms with Gasteiger partial charge in [-0.25, -0.2) is 4.39 Å². The molecule has 1 amide bonds. The fraction of sp³-hybridized carbons (Fsp3) is 0.381. The van der Waals surface area contributed by atoms with Crippen molar-refractivity contribution in [2.45, 2.75) is 31.9 Å². The molecule has 5 nitrogen and oxygen atoms in total. The van der Waals surface area contributed by atoms with Crippen molar-refractivity contribution in [3.05, 3.63) is 53.8 Å². The second-order valence-electron chi connectivity index (χ2n) is 6.51. The molecule has 1 aliphatic heterocycles. The summed E-state index contributed by atoms with van der Waals surface area (Å²) >= 11 is 0. The molecule has 0 aromatic heterocycles. The van der Waals surface area contributed by atoms with E-state index in [9.17, 15) is 9.18 Å². The normalized spacial score (nSPS) is 17.5. The van der Waals surface area contributed by atoms with Crippen LogP contribution in [0.25, 0.3) is 0 Å². The molecule has 1 fully saturated rings. The molecule has 1 heterocycles. The molecule has 2 aromatic carbocycles. The molecule has 2 aromatic rings. The number of hydrogen-bond acceptors (Lipinski definition) is 4. The van der Waals surface area contributed by atoms with Gasteiger partial charge in [-0.1, -0.05) is 6.07 Å². The van der Waals surface area contributed by atoms with Crippen molar-refractivity contribution in [3.63, 3.8) is 0 Å². The molecule has 0 radical (unpaired) electrons. The number of nitrogens with zero attached hydrogens (tertiary/aromatic N) is 1. The number of benzene rings is 2. The largest absolute Gasteiger partial charge is 0.497 e. The Hall–Kier alpha value is -2.76. The van der Waals surface area contributed by atoms with Gasteiger partial charge in [-0.15, -0.1) is 0 Å². The van der Waals surface area contributed by atoms with Crippen LogP contribution in [0.5, 0.6) is 17.2 Å². The maximum atomic E-state index is 13.4. The van der Waals surface area contributed by atoms with Crippen LogP contribution in [-0.4, -0.2) is 37.7 Å². The minimum absolute atomic E-state index is 0.110. The van der Waals surface area contributed by atoms with Gasteiger partial charge in [0.25, 0.3) is 5.91 Å². The van der Waals surface area contributed by atoms with Gasteiger partial charge in [0.05, 0.1) is 20.3 Å². The fourth-order valence-corrected chi connectivity index (χ4v) is 3.48. The number of hydrogen-bond donors (Lipinski definition) is 0. The number of halogens is 1. The number of methoxy groups -OCH3 is 2. The Bertz CT molecular complexity index is 811. The van der Waals surface area contributed by atoms with Crippen LogP contribution in [0.2, 0.25) is 0 Å². The summed E-state index contributed by atoms with van der Waals surface area (Å²) in [5.74, 6) is 1.25. The smallest absolute Gasteiger partial charge is 0.263 e. The minimum atomic E-state index is -0.719. The summed E-state index contributed by atoms with van der Waals surface area (Å²) in [7, 11) is 3.22. The lowest BCUT2D eigenvalue weighted by molar-refractivity contribution is -0.139. The van der Waals surface area contributed by atoms with E-state index in [0.29, 0.717) is 18.0 Å². The van der Waals surface area contributed by atoms with Crippen LogP contribution in [0, 0.1) is 5.82 Å². The van der Waals surface area contributed by atoms with E-state index in [1.807, 2.05) is 18.2 Å². The van der Waals surface area contributed by atoms with Crippen molar-refractivity contribution < 1.29 is 23.4 Å². The van der Waals surface area contributed by atoms with Gasteiger partial charge in [0, 0.05) is 18.2 Å². The molecule has 0 spiro atoms. The predicted molar refractivity (Wildman–Crippen MR) is 99.7 cm³/mol. The van der Waals surface area contributed by atoms with Gasteiger partial charge < -0.3 is 19.1 Å². The number of carbonyl (C=O) groups is 1. The van der Waals surface area contributed by atoms with Gasteiger partial charge >= 0.3 is 0 Å². The maximum Gasteiger partial charge on any atom is 0.263 e. The van der Waals surface area contributed by atoms with E-state index in [1.165, 1.54) is 12.1 Å². The summed E-state index contributed by atoms with van der Waals surface area (Å²) in [5.41, 5.74) is 0.917. The van der Waals surface area contributed by atoms with Gasteiger partial charge in [-0.2, -0.15) is 0 Å². The summed E-state index contributed by atoms with van der Waals surface area (Å²) in [5, 5.41) is 0. The maximum absolute atomic E-state index is 13.4. The van der Waals surface area contributed by atoms with E-state index < -0.39 is 11.9 Å². The zero-order valence-electron chi connectivity index (χ0n) is 15.8. The van der Waals surface area contributed by atoms with Crippen molar-refractivity contribution in [2.75, 3.05) is 20.8 Å². The Kier molecular flexibility index (Phi) is 5.84. The second kappa shape index (κ2) is 8.29. The van der Waals surface area contributed by atoms with E-state index >= 15 is 0 Å². The number of amides is 1. The molecule has 3 rings (SSSR count). The highest BCUT2D eigenvalue weighted by Gasteiger charge is 2.35. The van der Waals surface area contributed by atoms with E-state index in [1.54, 1.807) is 38.2 Å². The highest BCUT2D eigenvalue weighted by molar-refractivity contribution is 5.81. The molecule has 1 aliphatic rings. The van der Waals surface area contributed by atoms with Crippen LogP contribution in [0.1, 0.15) is 31.4 Å².